The quantitative estimate of drug-likeness (QED) is 0.542. The molecule has 0 bridgehead atoms. The van der Waals surface area contributed by atoms with Crippen molar-refractivity contribution < 1.29 is 18.3 Å². The zero-order chi connectivity index (χ0) is 19.9. The van der Waals surface area contributed by atoms with Crippen molar-refractivity contribution in [2.75, 3.05) is 6.61 Å². The molecule has 0 aliphatic heterocycles. The summed E-state index contributed by atoms with van der Waals surface area (Å²) in [7, 11) is 0. The molecule has 146 valence electrons. The molecular weight excluding hydrogens is 357 g/mol. The van der Waals surface area contributed by atoms with Crippen molar-refractivity contribution in [2.24, 2.45) is 0 Å². The Morgan fingerprint density at radius 2 is 1.75 bits per heavy atom. The summed E-state index contributed by atoms with van der Waals surface area (Å²) in [6, 6.07) is 17.5. The van der Waals surface area contributed by atoms with Gasteiger partial charge in [0.1, 0.15) is 17.3 Å². The minimum Gasteiger partial charge on any atom is -0.484 e. The first-order valence-electron chi connectivity index (χ1n) is 9.28. The van der Waals surface area contributed by atoms with Crippen molar-refractivity contribution in [2.45, 2.75) is 32.9 Å². The van der Waals surface area contributed by atoms with E-state index in [-0.39, 0.29) is 18.3 Å². The summed E-state index contributed by atoms with van der Waals surface area (Å²) in [5, 5.41) is 0. The number of hydrogen-bond acceptors (Lipinski definition) is 3. The van der Waals surface area contributed by atoms with Crippen molar-refractivity contribution >= 4 is 5.91 Å². The van der Waals surface area contributed by atoms with Crippen molar-refractivity contribution in [1.29, 1.82) is 0 Å². The molecule has 28 heavy (non-hydrogen) atoms. The second kappa shape index (κ2) is 9.22. The summed E-state index contributed by atoms with van der Waals surface area (Å²) in [6.07, 6.45) is 1.59. The molecule has 5 heteroatoms. The fourth-order valence-corrected chi connectivity index (χ4v) is 2.82. The smallest absolute Gasteiger partial charge is 0.261 e. The third kappa shape index (κ3) is 5.46. The van der Waals surface area contributed by atoms with E-state index in [1.807, 2.05) is 18.2 Å². The van der Waals surface area contributed by atoms with E-state index in [1.54, 1.807) is 17.2 Å². The van der Waals surface area contributed by atoms with Crippen LogP contribution in [0.25, 0.3) is 0 Å². The van der Waals surface area contributed by atoms with E-state index in [4.69, 9.17) is 9.15 Å². The van der Waals surface area contributed by atoms with Gasteiger partial charge in [-0.25, -0.2) is 4.39 Å². The van der Waals surface area contributed by atoms with Gasteiger partial charge in [-0.05, 0) is 53.4 Å². The van der Waals surface area contributed by atoms with Gasteiger partial charge in [0.05, 0.1) is 12.8 Å². The second-order valence-electron chi connectivity index (χ2n) is 6.97. The van der Waals surface area contributed by atoms with Gasteiger partial charge in [-0.1, -0.05) is 38.1 Å². The molecule has 0 unspecified atom stereocenters. The van der Waals surface area contributed by atoms with Crippen LogP contribution in [0.15, 0.2) is 71.3 Å². The van der Waals surface area contributed by atoms with Gasteiger partial charge in [0.25, 0.3) is 5.91 Å². The van der Waals surface area contributed by atoms with Crippen LogP contribution >= 0.6 is 0 Å². The SMILES string of the molecule is CC(C)c1ccc(CN(Cc2ccco2)C(=O)COc2ccc(F)cc2)cc1. The predicted molar refractivity (Wildman–Crippen MR) is 105 cm³/mol. The van der Waals surface area contributed by atoms with Crippen molar-refractivity contribution in [3.63, 3.8) is 0 Å². The van der Waals surface area contributed by atoms with Gasteiger partial charge in [-0.3, -0.25) is 4.79 Å². The van der Waals surface area contributed by atoms with E-state index in [0.29, 0.717) is 30.5 Å². The van der Waals surface area contributed by atoms with E-state index >= 15 is 0 Å². The summed E-state index contributed by atoms with van der Waals surface area (Å²) >= 11 is 0. The number of hydrogen-bond donors (Lipinski definition) is 0. The maximum absolute atomic E-state index is 13.0. The van der Waals surface area contributed by atoms with E-state index in [1.165, 1.54) is 29.8 Å². The van der Waals surface area contributed by atoms with Crippen LogP contribution in [0.3, 0.4) is 0 Å². The highest BCUT2D eigenvalue weighted by Crippen LogP contribution is 2.17. The summed E-state index contributed by atoms with van der Waals surface area (Å²) in [6.45, 7) is 4.97. The average Bonchev–Trinajstić information content (AvgIpc) is 3.20. The number of furan rings is 1. The number of carbonyl (C=O) groups is 1. The van der Waals surface area contributed by atoms with Crippen molar-refractivity contribution in [1.82, 2.24) is 4.90 Å². The lowest BCUT2D eigenvalue weighted by molar-refractivity contribution is -0.134. The highest BCUT2D eigenvalue weighted by atomic mass is 19.1. The van der Waals surface area contributed by atoms with Crippen LogP contribution in [0, 0.1) is 5.82 Å². The largest absolute Gasteiger partial charge is 0.484 e. The molecule has 2 aromatic carbocycles. The first-order chi connectivity index (χ1) is 13.5. The lowest BCUT2D eigenvalue weighted by Gasteiger charge is -2.22. The number of benzene rings is 2. The zero-order valence-corrected chi connectivity index (χ0v) is 16.1. The maximum atomic E-state index is 13.0. The Morgan fingerprint density at radius 3 is 2.36 bits per heavy atom. The van der Waals surface area contributed by atoms with Crippen LogP contribution in [0.5, 0.6) is 5.75 Å². The Labute approximate surface area is 164 Å². The first-order valence-corrected chi connectivity index (χ1v) is 9.28. The maximum Gasteiger partial charge on any atom is 0.261 e. The fourth-order valence-electron chi connectivity index (χ4n) is 2.82. The van der Waals surface area contributed by atoms with Gasteiger partial charge in [-0.15, -0.1) is 0 Å². The van der Waals surface area contributed by atoms with E-state index < -0.39 is 0 Å². The number of carbonyl (C=O) groups excluding carboxylic acids is 1. The normalized spacial score (nSPS) is 10.9. The van der Waals surface area contributed by atoms with Crippen LogP contribution in [-0.4, -0.2) is 17.4 Å². The highest BCUT2D eigenvalue weighted by molar-refractivity contribution is 5.77. The number of amides is 1. The van der Waals surface area contributed by atoms with Crippen molar-refractivity contribution in [3.05, 3.63) is 89.6 Å². The zero-order valence-electron chi connectivity index (χ0n) is 16.1. The molecule has 0 aliphatic carbocycles. The molecule has 0 fully saturated rings. The molecule has 3 aromatic rings. The molecule has 0 aliphatic rings. The third-order valence-corrected chi connectivity index (χ3v) is 4.48. The predicted octanol–water partition coefficient (Wildman–Crippen LogP) is 5.15. The molecule has 3 rings (SSSR count). The van der Waals surface area contributed by atoms with E-state index in [0.717, 1.165) is 5.56 Å². The molecule has 0 saturated heterocycles. The lowest BCUT2D eigenvalue weighted by Crippen LogP contribution is -2.34. The molecular formula is C23H24FNO3. The van der Waals surface area contributed by atoms with Crippen LogP contribution < -0.4 is 4.74 Å². The number of rotatable bonds is 8. The standard InChI is InChI=1S/C23H24FNO3/c1-17(2)19-7-5-18(6-8-19)14-25(15-22-4-3-13-27-22)23(26)16-28-21-11-9-20(24)10-12-21/h3-13,17H,14-16H2,1-2H3. The Balaban J connectivity index is 1.68. The third-order valence-electron chi connectivity index (χ3n) is 4.48. The second-order valence-corrected chi connectivity index (χ2v) is 6.97. The van der Waals surface area contributed by atoms with E-state index in [2.05, 4.69) is 26.0 Å². The molecule has 1 amide bonds. The van der Waals surface area contributed by atoms with Gasteiger partial charge in [-0.2, -0.15) is 0 Å². The average molecular weight is 381 g/mol. The van der Waals surface area contributed by atoms with Gasteiger partial charge < -0.3 is 14.1 Å². The summed E-state index contributed by atoms with van der Waals surface area (Å²) in [5.41, 5.74) is 2.29. The summed E-state index contributed by atoms with van der Waals surface area (Å²) in [4.78, 5) is 14.5. The van der Waals surface area contributed by atoms with Gasteiger partial charge in [0, 0.05) is 6.54 Å². The summed E-state index contributed by atoms with van der Waals surface area (Å²) < 4.78 is 23.9. The Morgan fingerprint density at radius 1 is 1.04 bits per heavy atom. The van der Waals surface area contributed by atoms with Crippen LogP contribution in [0.1, 0.15) is 36.7 Å². The van der Waals surface area contributed by atoms with Gasteiger partial charge in [0.15, 0.2) is 6.61 Å². The molecule has 4 nitrogen and oxygen atoms in total. The molecule has 1 heterocycles. The Kier molecular flexibility index (Phi) is 6.48. The van der Waals surface area contributed by atoms with Gasteiger partial charge >= 0.3 is 0 Å². The molecule has 0 saturated carbocycles. The number of halogens is 1. The van der Waals surface area contributed by atoms with Crippen molar-refractivity contribution in [3.8, 4) is 5.75 Å². The molecule has 0 radical (unpaired) electrons. The molecule has 1 aromatic heterocycles. The molecule has 0 atom stereocenters. The topological polar surface area (TPSA) is 42.7 Å². The minimum absolute atomic E-state index is 0.129. The van der Waals surface area contributed by atoms with Crippen LogP contribution in [-0.2, 0) is 17.9 Å². The fraction of sp³-hybridized carbons (Fsp3) is 0.261. The van der Waals surface area contributed by atoms with Crippen LogP contribution in [0.4, 0.5) is 4.39 Å². The van der Waals surface area contributed by atoms with Gasteiger partial charge in [0.2, 0.25) is 0 Å². The number of nitrogens with zero attached hydrogens (tertiary/aromatic N) is 1. The number of ether oxygens (including phenoxy) is 1. The lowest BCUT2D eigenvalue weighted by atomic mass is 10.0. The van der Waals surface area contributed by atoms with Crippen LogP contribution in [0.2, 0.25) is 0 Å². The summed E-state index contributed by atoms with van der Waals surface area (Å²) in [5.74, 6) is 1.10. The molecule has 0 N–H and O–H groups in total. The Bertz CT molecular complexity index is 871. The highest BCUT2D eigenvalue weighted by Gasteiger charge is 2.17. The first kappa shape index (κ1) is 19.7. The van der Waals surface area contributed by atoms with E-state index in [9.17, 15) is 9.18 Å². The Hall–Kier alpha value is -3.08. The molecule has 0 spiro atoms. The monoisotopic (exact) mass is 381 g/mol. The minimum atomic E-state index is -0.344.